The highest BCUT2D eigenvalue weighted by atomic mass is 16.4. The molecule has 1 heterocycles. The standard InChI is InChI=1S/C12H21N5O/c1-16(2)6-7-17(3)9-10-4-5-14-11(8-10)12(13)15-18/h4-5,8,18H,6-7,9H2,1-3H3,(H2,13,15). The van der Waals surface area contributed by atoms with E-state index < -0.39 is 0 Å². The van der Waals surface area contributed by atoms with Gasteiger partial charge in [0.05, 0.1) is 0 Å². The highest BCUT2D eigenvalue weighted by molar-refractivity contribution is 5.95. The van der Waals surface area contributed by atoms with Gasteiger partial charge in [-0.25, -0.2) is 0 Å². The summed E-state index contributed by atoms with van der Waals surface area (Å²) >= 11 is 0. The summed E-state index contributed by atoms with van der Waals surface area (Å²) in [6.45, 7) is 2.80. The van der Waals surface area contributed by atoms with Crippen LogP contribution < -0.4 is 5.73 Å². The Balaban J connectivity index is 2.62. The zero-order valence-electron chi connectivity index (χ0n) is 11.2. The number of oxime groups is 1. The summed E-state index contributed by atoms with van der Waals surface area (Å²) < 4.78 is 0. The van der Waals surface area contributed by atoms with Crippen LogP contribution in [0.3, 0.4) is 0 Å². The van der Waals surface area contributed by atoms with E-state index in [4.69, 9.17) is 10.9 Å². The molecule has 1 aromatic heterocycles. The molecule has 1 aromatic rings. The van der Waals surface area contributed by atoms with Crippen LogP contribution in [0, 0.1) is 0 Å². The summed E-state index contributed by atoms with van der Waals surface area (Å²) in [5.41, 5.74) is 7.10. The molecule has 0 saturated carbocycles. The van der Waals surface area contributed by atoms with Crippen molar-refractivity contribution in [3.05, 3.63) is 29.6 Å². The van der Waals surface area contributed by atoms with E-state index in [1.54, 1.807) is 6.20 Å². The molecule has 18 heavy (non-hydrogen) atoms. The summed E-state index contributed by atoms with van der Waals surface area (Å²) in [5, 5.41) is 11.6. The number of nitrogens with two attached hydrogens (primary N) is 1. The Morgan fingerprint density at radius 2 is 2.11 bits per heavy atom. The van der Waals surface area contributed by atoms with E-state index in [2.05, 4.69) is 41.1 Å². The molecule has 0 spiro atoms. The first kappa shape index (κ1) is 14.4. The van der Waals surface area contributed by atoms with Crippen LogP contribution in [-0.2, 0) is 6.54 Å². The molecule has 0 unspecified atom stereocenters. The molecule has 0 amide bonds. The summed E-state index contributed by atoms with van der Waals surface area (Å²) in [5.74, 6) is 0.0350. The van der Waals surface area contributed by atoms with Crippen molar-refractivity contribution in [2.24, 2.45) is 10.9 Å². The quantitative estimate of drug-likeness (QED) is 0.326. The van der Waals surface area contributed by atoms with Crippen molar-refractivity contribution in [2.75, 3.05) is 34.2 Å². The summed E-state index contributed by atoms with van der Waals surface area (Å²) in [4.78, 5) is 8.41. The van der Waals surface area contributed by atoms with Crippen LogP contribution in [0.5, 0.6) is 0 Å². The fourth-order valence-corrected chi connectivity index (χ4v) is 1.53. The predicted molar refractivity (Wildman–Crippen MR) is 71.6 cm³/mol. The van der Waals surface area contributed by atoms with Gasteiger partial charge >= 0.3 is 0 Å². The van der Waals surface area contributed by atoms with E-state index in [1.807, 2.05) is 12.1 Å². The fourth-order valence-electron chi connectivity index (χ4n) is 1.53. The average molecular weight is 251 g/mol. The van der Waals surface area contributed by atoms with E-state index in [-0.39, 0.29) is 5.84 Å². The van der Waals surface area contributed by atoms with Gasteiger partial charge in [-0.1, -0.05) is 5.16 Å². The number of amidine groups is 1. The SMILES string of the molecule is CN(C)CCN(C)Cc1ccnc(C(N)=NO)c1. The molecule has 100 valence electrons. The van der Waals surface area contributed by atoms with Gasteiger partial charge in [-0.2, -0.15) is 0 Å². The van der Waals surface area contributed by atoms with Crippen molar-refractivity contribution in [1.82, 2.24) is 14.8 Å². The Labute approximate surface area is 108 Å². The zero-order chi connectivity index (χ0) is 13.5. The monoisotopic (exact) mass is 251 g/mol. The molecule has 0 aliphatic rings. The minimum absolute atomic E-state index is 0.0350. The van der Waals surface area contributed by atoms with Crippen molar-refractivity contribution in [3.8, 4) is 0 Å². The van der Waals surface area contributed by atoms with Crippen molar-refractivity contribution >= 4 is 5.84 Å². The van der Waals surface area contributed by atoms with Gasteiger partial charge < -0.3 is 20.7 Å². The highest BCUT2D eigenvalue weighted by Gasteiger charge is 2.05. The molecule has 0 aromatic carbocycles. The van der Waals surface area contributed by atoms with Crippen LogP contribution in [0.4, 0.5) is 0 Å². The summed E-state index contributed by atoms with van der Waals surface area (Å²) in [6.07, 6.45) is 1.67. The van der Waals surface area contributed by atoms with Gasteiger partial charge in [0, 0.05) is 25.8 Å². The smallest absolute Gasteiger partial charge is 0.188 e. The van der Waals surface area contributed by atoms with Gasteiger partial charge in [0.25, 0.3) is 0 Å². The van der Waals surface area contributed by atoms with Crippen LogP contribution in [0.2, 0.25) is 0 Å². The second kappa shape index (κ2) is 6.93. The Kier molecular flexibility index (Phi) is 5.54. The van der Waals surface area contributed by atoms with Gasteiger partial charge in [0.1, 0.15) is 5.69 Å². The molecule has 0 radical (unpaired) electrons. The number of likely N-dealkylation sites (N-methyl/N-ethyl adjacent to an activating group) is 2. The lowest BCUT2D eigenvalue weighted by Gasteiger charge is -2.19. The van der Waals surface area contributed by atoms with Gasteiger partial charge in [-0.05, 0) is 38.8 Å². The van der Waals surface area contributed by atoms with E-state index in [9.17, 15) is 0 Å². The normalized spacial score (nSPS) is 12.4. The second-order valence-corrected chi connectivity index (χ2v) is 4.58. The second-order valence-electron chi connectivity index (χ2n) is 4.58. The Morgan fingerprint density at radius 1 is 1.39 bits per heavy atom. The number of hydrogen-bond donors (Lipinski definition) is 2. The van der Waals surface area contributed by atoms with E-state index >= 15 is 0 Å². The lowest BCUT2D eigenvalue weighted by molar-refractivity contribution is 0.276. The maximum Gasteiger partial charge on any atom is 0.188 e. The molecular weight excluding hydrogens is 230 g/mol. The molecule has 0 fully saturated rings. The molecule has 6 heteroatoms. The van der Waals surface area contributed by atoms with E-state index in [1.165, 1.54) is 0 Å². The largest absolute Gasteiger partial charge is 0.409 e. The third-order valence-electron chi connectivity index (χ3n) is 2.58. The van der Waals surface area contributed by atoms with Crippen LogP contribution in [0.15, 0.2) is 23.5 Å². The number of nitrogens with zero attached hydrogens (tertiary/aromatic N) is 4. The van der Waals surface area contributed by atoms with Gasteiger partial charge in [0.15, 0.2) is 5.84 Å². The van der Waals surface area contributed by atoms with Crippen LogP contribution >= 0.6 is 0 Å². The number of rotatable bonds is 6. The Bertz CT molecular complexity index is 405. The third-order valence-corrected chi connectivity index (χ3v) is 2.58. The molecule has 0 atom stereocenters. The van der Waals surface area contributed by atoms with Gasteiger partial charge in [0.2, 0.25) is 0 Å². The maximum atomic E-state index is 8.61. The van der Waals surface area contributed by atoms with Crippen LogP contribution in [0.25, 0.3) is 0 Å². The van der Waals surface area contributed by atoms with Crippen LogP contribution in [-0.4, -0.2) is 60.1 Å². The topological polar surface area (TPSA) is 78.0 Å². The average Bonchev–Trinajstić information content (AvgIpc) is 2.35. The van der Waals surface area contributed by atoms with E-state index in [0.717, 1.165) is 25.2 Å². The molecule has 3 N–H and O–H groups in total. The Morgan fingerprint density at radius 3 is 2.72 bits per heavy atom. The molecule has 0 aliphatic carbocycles. The van der Waals surface area contributed by atoms with Crippen molar-refractivity contribution < 1.29 is 5.21 Å². The van der Waals surface area contributed by atoms with E-state index in [0.29, 0.717) is 5.69 Å². The summed E-state index contributed by atoms with van der Waals surface area (Å²) in [6, 6.07) is 3.77. The first-order valence-electron chi connectivity index (χ1n) is 5.79. The first-order chi connectivity index (χ1) is 8.52. The molecule has 0 bridgehead atoms. The molecule has 1 rings (SSSR count). The lowest BCUT2D eigenvalue weighted by atomic mass is 10.2. The molecular formula is C12H21N5O. The minimum Gasteiger partial charge on any atom is -0.409 e. The Hall–Kier alpha value is -1.66. The van der Waals surface area contributed by atoms with Gasteiger partial charge in [-0.15, -0.1) is 0 Å². The molecule has 0 saturated heterocycles. The number of hydrogen-bond acceptors (Lipinski definition) is 5. The van der Waals surface area contributed by atoms with Crippen molar-refractivity contribution in [1.29, 1.82) is 0 Å². The minimum atomic E-state index is 0.0350. The first-order valence-corrected chi connectivity index (χ1v) is 5.79. The predicted octanol–water partition coefficient (Wildman–Crippen LogP) is 0.170. The number of aromatic nitrogens is 1. The molecule has 6 nitrogen and oxygen atoms in total. The van der Waals surface area contributed by atoms with Crippen LogP contribution in [0.1, 0.15) is 11.3 Å². The van der Waals surface area contributed by atoms with Crippen molar-refractivity contribution in [2.45, 2.75) is 6.54 Å². The lowest BCUT2D eigenvalue weighted by Crippen LogP contribution is -2.28. The van der Waals surface area contributed by atoms with Crippen molar-refractivity contribution in [3.63, 3.8) is 0 Å². The number of pyridine rings is 1. The fraction of sp³-hybridized carbons (Fsp3) is 0.500. The van der Waals surface area contributed by atoms with Gasteiger partial charge in [-0.3, -0.25) is 4.98 Å². The maximum absolute atomic E-state index is 8.61. The molecule has 0 aliphatic heterocycles. The third kappa shape index (κ3) is 4.68. The zero-order valence-corrected chi connectivity index (χ0v) is 11.2. The summed E-state index contributed by atoms with van der Waals surface area (Å²) in [7, 11) is 6.17. The highest BCUT2D eigenvalue weighted by Crippen LogP contribution is 2.05.